The van der Waals surface area contributed by atoms with Crippen molar-refractivity contribution in [1.82, 2.24) is 25.1 Å². The summed E-state index contributed by atoms with van der Waals surface area (Å²) in [5.41, 5.74) is 1.05. The van der Waals surface area contributed by atoms with Gasteiger partial charge < -0.3 is 44.5 Å². The Labute approximate surface area is 338 Å². The van der Waals surface area contributed by atoms with Gasteiger partial charge in [-0.15, -0.1) is 11.3 Å². The van der Waals surface area contributed by atoms with Crippen molar-refractivity contribution < 1.29 is 51.2 Å². The van der Waals surface area contributed by atoms with Crippen LogP contribution in [0.5, 0.6) is 17.4 Å². The molecular formula is C39H39ClF4N6O7S. The highest BCUT2D eigenvalue weighted by Crippen LogP contribution is 2.49. The molecule has 0 radical (unpaired) electrons. The first-order valence-corrected chi connectivity index (χ1v) is 19.1. The van der Waals surface area contributed by atoms with Gasteiger partial charge in [-0.25, -0.2) is 9.97 Å². The average molecular weight is 847 g/mol. The molecule has 1 fully saturated rings. The molecule has 5 aromatic rings. The van der Waals surface area contributed by atoms with Crippen LogP contribution in [0.25, 0.3) is 32.0 Å². The van der Waals surface area contributed by atoms with Gasteiger partial charge in [0, 0.05) is 57.0 Å². The van der Waals surface area contributed by atoms with Crippen LogP contribution < -0.4 is 19.5 Å². The minimum atomic E-state index is -4.72. The van der Waals surface area contributed by atoms with Crippen molar-refractivity contribution in [2.75, 3.05) is 52.9 Å². The van der Waals surface area contributed by atoms with E-state index in [9.17, 15) is 32.6 Å². The Bertz CT molecular complexity index is 2280. The number of aldehydes is 1. The maximum absolute atomic E-state index is 14.3. The molecule has 3 aromatic heterocycles. The highest BCUT2D eigenvalue weighted by Gasteiger charge is 2.36. The predicted molar refractivity (Wildman–Crippen MR) is 209 cm³/mol. The Hall–Kier alpha value is -5.11. The average Bonchev–Trinajstić information content (AvgIpc) is 3.79. The number of aromatic nitrogens is 2. The Balaban J connectivity index is 1.31. The number of allylic oxidation sites excluding steroid dienone is 1. The molecule has 1 aliphatic rings. The molecule has 6 rings (SSSR count). The number of nitrogens with one attached hydrogen (secondary N) is 2. The highest BCUT2D eigenvalue weighted by atomic mass is 35.5. The van der Waals surface area contributed by atoms with Gasteiger partial charge in [0.25, 0.3) is 6.01 Å². The molecule has 0 spiro atoms. The topological polar surface area (TPSA) is 167 Å². The first-order chi connectivity index (χ1) is 27.7. The molecule has 4 heterocycles. The molecule has 0 bridgehead atoms. The quantitative estimate of drug-likeness (QED) is 0.0361. The zero-order chi connectivity index (χ0) is 41.6. The molecule has 1 aliphatic heterocycles. The van der Waals surface area contributed by atoms with Gasteiger partial charge >= 0.3 is 12.1 Å². The summed E-state index contributed by atoms with van der Waals surface area (Å²) in [4.78, 5) is 26.9. The Morgan fingerprint density at radius 1 is 1.10 bits per heavy atom. The van der Waals surface area contributed by atoms with Crippen LogP contribution in [0.2, 0.25) is 5.02 Å². The normalized spacial score (nSPS) is 15.0. The number of carbonyl (C=O) groups excluding carboxylic acids is 1. The molecule has 4 N–H and O–H groups in total. The first-order valence-electron chi connectivity index (χ1n) is 17.9. The molecular weight excluding hydrogens is 808 g/mol. The number of hydrogen-bond acceptors (Lipinski definition) is 14. The van der Waals surface area contributed by atoms with Crippen molar-refractivity contribution >= 4 is 45.7 Å². The molecule has 0 saturated carbocycles. The Morgan fingerprint density at radius 2 is 1.86 bits per heavy atom. The van der Waals surface area contributed by atoms with Gasteiger partial charge in [0.15, 0.2) is 12.4 Å². The monoisotopic (exact) mass is 846 g/mol. The van der Waals surface area contributed by atoms with E-state index < -0.39 is 36.5 Å². The summed E-state index contributed by atoms with van der Waals surface area (Å²) in [6, 6.07) is 11.2. The van der Waals surface area contributed by atoms with Crippen molar-refractivity contribution in [3.8, 4) is 39.1 Å². The van der Waals surface area contributed by atoms with Gasteiger partial charge in [0.05, 0.1) is 15.3 Å². The number of rotatable bonds is 17. The number of furan rings is 1. The van der Waals surface area contributed by atoms with Crippen LogP contribution in [0.4, 0.5) is 17.6 Å². The third-order valence-electron chi connectivity index (χ3n) is 9.27. The molecule has 19 heteroatoms. The molecule has 13 nitrogen and oxygen atoms in total. The van der Waals surface area contributed by atoms with E-state index in [1.807, 2.05) is 5.32 Å². The number of aliphatic hydroxyl groups is 2. The number of thiophene rings is 1. The minimum absolute atomic E-state index is 0.0285. The molecule has 1 unspecified atom stereocenters. The number of ether oxygens (including phenoxy) is 3. The zero-order valence-corrected chi connectivity index (χ0v) is 32.8. The van der Waals surface area contributed by atoms with Crippen LogP contribution >= 0.6 is 22.9 Å². The fourth-order valence-electron chi connectivity index (χ4n) is 6.28. The molecule has 58 heavy (non-hydrogen) atoms. The van der Waals surface area contributed by atoms with Crippen molar-refractivity contribution in [2.24, 2.45) is 0 Å². The van der Waals surface area contributed by atoms with E-state index in [4.69, 9.17) is 35.6 Å². The van der Waals surface area contributed by atoms with Crippen molar-refractivity contribution in [3.05, 3.63) is 88.8 Å². The van der Waals surface area contributed by atoms with Crippen LogP contribution in [0.15, 0.2) is 71.0 Å². The molecule has 2 aromatic carbocycles. The van der Waals surface area contributed by atoms with E-state index in [0.29, 0.717) is 67.7 Å². The molecule has 0 amide bonds. The van der Waals surface area contributed by atoms with Crippen LogP contribution in [0.3, 0.4) is 0 Å². The lowest BCUT2D eigenvalue weighted by molar-refractivity contribution is -0.267. The van der Waals surface area contributed by atoms with Crippen LogP contribution in [0.1, 0.15) is 11.1 Å². The lowest BCUT2D eigenvalue weighted by Crippen LogP contribution is -2.46. The number of hydrogen-bond donors (Lipinski definition) is 4. The van der Waals surface area contributed by atoms with E-state index in [2.05, 4.69) is 26.8 Å². The number of alkyl halides is 3. The van der Waals surface area contributed by atoms with Gasteiger partial charge in [-0.05, 0) is 54.9 Å². The van der Waals surface area contributed by atoms with Crippen molar-refractivity contribution in [3.63, 3.8) is 0 Å². The first kappa shape index (κ1) is 42.5. The SMILES string of the molecule is Cc1c(-c2c(-c3ccc(F)o3)sc3ncnc(OC(C=O)Cc4ccccc4OC(O)(O)/C(=C/C=N)NCC(F)(F)F)c23)ccc(OCCN2CCN(C)CC2)c1Cl. The summed E-state index contributed by atoms with van der Waals surface area (Å²) in [6.45, 7) is 5.14. The second-order valence-corrected chi connectivity index (χ2v) is 14.7. The van der Waals surface area contributed by atoms with Gasteiger partial charge in [-0.1, -0.05) is 35.9 Å². The van der Waals surface area contributed by atoms with Gasteiger partial charge in [0.1, 0.15) is 47.3 Å². The minimum Gasteiger partial charge on any atom is -0.491 e. The van der Waals surface area contributed by atoms with Crippen LogP contribution in [-0.4, -0.2) is 114 Å². The van der Waals surface area contributed by atoms with E-state index in [0.717, 1.165) is 32.7 Å². The third-order valence-corrected chi connectivity index (χ3v) is 10.9. The number of fused-ring (bicyclic) bond motifs is 1. The van der Waals surface area contributed by atoms with Crippen LogP contribution in [0, 0.1) is 18.3 Å². The third kappa shape index (κ3) is 10.1. The fraction of sp³-hybridized carbons (Fsp3) is 0.333. The fourth-order valence-corrected chi connectivity index (χ4v) is 7.61. The second-order valence-electron chi connectivity index (χ2n) is 13.3. The number of benzene rings is 2. The molecule has 308 valence electrons. The van der Waals surface area contributed by atoms with Gasteiger partial charge in [0.2, 0.25) is 5.88 Å². The smallest absolute Gasteiger partial charge is 0.405 e. The van der Waals surface area contributed by atoms with E-state index in [1.165, 1.54) is 48.0 Å². The number of piperazine rings is 1. The van der Waals surface area contributed by atoms with Gasteiger partial charge in [-0.3, -0.25) is 9.69 Å². The maximum atomic E-state index is 14.3. The van der Waals surface area contributed by atoms with E-state index in [-0.39, 0.29) is 29.4 Å². The van der Waals surface area contributed by atoms with Crippen molar-refractivity contribution in [2.45, 2.75) is 31.6 Å². The number of nitrogens with zero attached hydrogens (tertiary/aromatic N) is 4. The lowest BCUT2D eigenvalue weighted by atomic mass is 9.97. The standard InChI is InChI=1S/C39H39ClF4N6O7S/c1-23-26(7-8-28(34(23)40)54-18-17-50-15-13-49(2)14-16-50)32-33-36(47-22-48-37(33)58-35(32)29-9-10-31(41)56-29)55-25(20-51)19-24-5-3-4-6-27(24)57-39(52,53)30(11-12-45)46-21-38(42,43)44/h3-12,20,22,25,45-46,52-53H,13-19,21H2,1-2H3/b30-11-,45-12?. The molecule has 1 atom stereocenters. The number of likely N-dealkylation sites (N-methyl/N-ethyl adjacent to an activating group) is 1. The summed E-state index contributed by atoms with van der Waals surface area (Å²) < 4.78 is 76.1. The number of halogens is 5. The zero-order valence-electron chi connectivity index (χ0n) is 31.2. The number of carbonyl (C=O) groups is 1. The highest BCUT2D eigenvalue weighted by molar-refractivity contribution is 7.22. The summed E-state index contributed by atoms with van der Waals surface area (Å²) in [5, 5.41) is 31.2. The van der Waals surface area contributed by atoms with Gasteiger partial charge in [-0.2, -0.15) is 17.6 Å². The predicted octanol–water partition coefficient (Wildman–Crippen LogP) is 6.24. The summed E-state index contributed by atoms with van der Waals surface area (Å²) in [6.07, 6.45) is -3.27. The summed E-state index contributed by atoms with van der Waals surface area (Å²) in [7, 11) is 2.09. The Kier molecular flexibility index (Phi) is 13.3. The number of para-hydroxylation sites is 1. The largest absolute Gasteiger partial charge is 0.491 e. The summed E-state index contributed by atoms with van der Waals surface area (Å²) in [5.74, 6) is -2.91. The summed E-state index contributed by atoms with van der Waals surface area (Å²) >= 11 is 8.10. The Morgan fingerprint density at radius 3 is 2.55 bits per heavy atom. The molecule has 0 aliphatic carbocycles. The van der Waals surface area contributed by atoms with Crippen molar-refractivity contribution in [1.29, 1.82) is 5.41 Å². The van der Waals surface area contributed by atoms with E-state index >= 15 is 0 Å². The lowest BCUT2D eigenvalue weighted by Gasteiger charge is -2.32. The second kappa shape index (κ2) is 18.2. The molecule has 1 saturated heterocycles. The van der Waals surface area contributed by atoms with E-state index in [1.54, 1.807) is 25.1 Å². The van der Waals surface area contributed by atoms with Crippen LogP contribution in [-0.2, 0) is 11.2 Å². The maximum Gasteiger partial charge on any atom is 0.405 e.